The van der Waals surface area contributed by atoms with Gasteiger partial charge in [0.2, 0.25) is 0 Å². The van der Waals surface area contributed by atoms with Crippen molar-refractivity contribution < 1.29 is 29.0 Å². The van der Waals surface area contributed by atoms with Gasteiger partial charge in [0.25, 0.3) is 11.7 Å². The van der Waals surface area contributed by atoms with Gasteiger partial charge in [-0.1, -0.05) is 6.07 Å². The van der Waals surface area contributed by atoms with Gasteiger partial charge in [0.05, 0.1) is 17.5 Å². The van der Waals surface area contributed by atoms with Crippen LogP contribution in [0, 0.1) is 6.92 Å². The average molecular weight is 431 g/mol. The highest BCUT2D eigenvalue weighted by molar-refractivity contribution is 6.51. The summed E-state index contributed by atoms with van der Waals surface area (Å²) in [6.45, 7) is 3.77. The van der Waals surface area contributed by atoms with E-state index in [4.69, 9.17) is 9.15 Å². The smallest absolute Gasteiger partial charge is 0.300 e. The highest BCUT2D eigenvalue weighted by Gasteiger charge is 2.49. The number of benzene rings is 2. The van der Waals surface area contributed by atoms with Crippen molar-refractivity contribution in [3.8, 4) is 11.5 Å². The summed E-state index contributed by atoms with van der Waals surface area (Å²) in [5.41, 5.74) is 2.19. The number of hydrogen-bond donors (Lipinski definition) is 2. The highest BCUT2D eigenvalue weighted by Crippen LogP contribution is 2.45. The highest BCUT2D eigenvalue weighted by atomic mass is 16.5. The molecule has 1 saturated heterocycles. The number of aliphatic hydroxyl groups is 1. The van der Waals surface area contributed by atoms with E-state index in [1.54, 1.807) is 42.5 Å². The third-order valence-corrected chi connectivity index (χ3v) is 5.82. The van der Waals surface area contributed by atoms with Gasteiger partial charge in [-0.2, -0.15) is 0 Å². The Morgan fingerprint density at radius 1 is 1.12 bits per heavy atom. The molecule has 2 N–H and O–H groups in total. The van der Waals surface area contributed by atoms with E-state index >= 15 is 0 Å². The number of nitrogens with zero attached hydrogens (tertiary/aromatic N) is 1. The summed E-state index contributed by atoms with van der Waals surface area (Å²) >= 11 is 0. The second kappa shape index (κ2) is 7.30. The van der Waals surface area contributed by atoms with Gasteiger partial charge < -0.3 is 19.4 Å². The average Bonchev–Trinajstić information content (AvgIpc) is 3.47. The Kier molecular flexibility index (Phi) is 4.55. The van der Waals surface area contributed by atoms with Crippen LogP contribution in [0.1, 0.15) is 35.4 Å². The number of fused-ring (bicyclic) bond motifs is 1. The number of phenolic OH excluding ortho intramolecular Hbond substituents is 1. The first-order chi connectivity index (χ1) is 15.3. The number of aromatic hydroxyl groups is 1. The first-order valence-electron chi connectivity index (χ1n) is 10.3. The van der Waals surface area contributed by atoms with Crippen LogP contribution < -0.4 is 9.64 Å². The molecule has 0 spiro atoms. The lowest BCUT2D eigenvalue weighted by molar-refractivity contribution is -0.132. The minimum atomic E-state index is -1.03. The molecule has 2 aliphatic heterocycles. The first-order valence-corrected chi connectivity index (χ1v) is 10.3. The standard InChI is InChI=1S/C25H21NO6/c1-13-5-7-18(27)17(10-13)26-22(20-4-3-9-31-20)21(24(29)25(26)30)23(28)15-6-8-19-16(12-15)11-14(2)32-19/h3-10,12,14,22,27-28H,11H2,1-2H3/b23-21-. The molecule has 5 rings (SSSR count). The van der Waals surface area contributed by atoms with Crippen LogP contribution >= 0.6 is 0 Å². The Morgan fingerprint density at radius 2 is 1.94 bits per heavy atom. The topological polar surface area (TPSA) is 100 Å². The first kappa shape index (κ1) is 19.9. The van der Waals surface area contributed by atoms with Crippen LogP contribution in [0.5, 0.6) is 11.5 Å². The lowest BCUT2D eigenvalue weighted by atomic mass is 9.97. The van der Waals surface area contributed by atoms with Gasteiger partial charge in [-0.05, 0) is 67.4 Å². The molecule has 3 heterocycles. The van der Waals surface area contributed by atoms with Gasteiger partial charge in [0.15, 0.2) is 0 Å². The zero-order valence-electron chi connectivity index (χ0n) is 17.5. The van der Waals surface area contributed by atoms with E-state index in [9.17, 15) is 19.8 Å². The van der Waals surface area contributed by atoms with Crippen LogP contribution in [0.4, 0.5) is 5.69 Å². The molecule has 2 aliphatic rings. The molecule has 0 bridgehead atoms. The largest absolute Gasteiger partial charge is 0.507 e. The lowest BCUT2D eigenvalue weighted by Gasteiger charge is -2.24. The van der Waals surface area contributed by atoms with E-state index in [2.05, 4.69) is 0 Å². The SMILES string of the molecule is Cc1ccc(O)c(N2C(=O)C(=O)/C(=C(\O)c3ccc4c(c3)CC(C)O4)C2c2ccco2)c1. The van der Waals surface area contributed by atoms with Crippen molar-refractivity contribution in [1.29, 1.82) is 0 Å². The van der Waals surface area contributed by atoms with E-state index in [1.807, 2.05) is 13.8 Å². The maximum absolute atomic E-state index is 13.1. The fourth-order valence-corrected chi connectivity index (χ4v) is 4.35. The maximum atomic E-state index is 13.1. The molecule has 1 fully saturated rings. The van der Waals surface area contributed by atoms with Gasteiger partial charge >= 0.3 is 0 Å². The second-order valence-corrected chi connectivity index (χ2v) is 8.13. The van der Waals surface area contributed by atoms with Crippen molar-refractivity contribution in [1.82, 2.24) is 0 Å². The third kappa shape index (κ3) is 3.05. The zero-order valence-corrected chi connectivity index (χ0v) is 17.5. The number of furan rings is 1. The summed E-state index contributed by atoms with van der Waals surface area (Å²) in [5.74, 6) is -1.13. The third-order valence-electron chi connectivity index (χ3n) is 5.82. The fraction of sp³-hybridized carbons (Fsp3) is 0.200. The molecule has 2 unspecified atom stereocenters. The molecular weight excluding hydrogens is 410 g/mol. The number of Topliss-reactive ketones (excluding diaryl/α,β-unsaturated/α-hetero) is 1. The lowest BCUT2D eigenvalue weighted by Crippen LogP contribution is -2.29. The van der Waals surface area contributed by atoms with Crippen LogP contribution in [-0.4, -0.2) is 28.0 Å². The summed E-state index contributed by atoms with van der Waals surface area (Å²) in [7, 11) is 0. The fourth-order valence-electron chi connectivity index (χ4n) is 4.35. The van der Waals surface area contributed by atoms with Crippen LogP contribution in [-0.2, 0) is 16.0 Å². The predicted molar refractivity (Wildman–Crippen MR) is 117 cm³/mol. The molecule has 2 atom stereocenters. The molecule has 1 amide bonds. The molecule has 2 aromatic carbocycles. The summed E-state index contributed by atoms with van der Waals surface area (Å²) < 4.78 is 11.3. The molecule has 7 heteroatoms. The van der Waals surface area contributed by atoms with Crippen LogP contribution in [0.15, 0.2) is 64.8 Å². The zero-order chi connectivity index (χ0) is 22.6. The number of ether oxygens (including phenoxy) is 1. The molecule has 0 aliphatic carbocycles. The number of carbonyl (C=O) groups excluding carboxylic acids is 2. The van der Waals surface area contributed by atoms with E-state index < -0.39 is 17.7 Å². The van der Waals surface area contributed by atoms with E-state index in [-0.39, 0.29) is 28.9 Å². The van der Waals surface area contributed by atoms with Crippen molar-refractivity contribution in [2.75, 3.05) is 4.90 Å². The molecule has 0 saturated carbocycles. The minimum absolute atomic E-state index is 0.0281. The van der Waals surface area contributed by atoms with Gasteiger partial charge in [0, 0.05) is 12.0 Å². The molecule has 32 heavy (non-hydrogen) atoms. The molecule has 0 radical (unpaired) electrons. The van der Waals surface area contributed by atoms with Crippen molar-refractivity contribution in [2.45, 2.75) is 32.4 Å². The summed E-state index contributed by atoms with van der Waals surface area (Å²) in [6.07, 6.45) is 2.14. The van der Waals surface area contributed by atoms with E-state index in [0.29, 0.717) is 17.7 Å². The van der Waals surface area contributed by atoms with Gasteiger partial charge in [0.1, 0.15) is 35.2 Å². The summed E-state index contributed by atoms with van der Waals surface area (Å²) in [5, 5.41) is 21.7. The van der Waals surface area contributed by atoms with E-state index in [0.717, 1.165) is 16.9 Å². The Balaban J connectivity index is 1.69. The summed E-state index contributed by atoms with van der Waals surface area (Å²) in [6, 6.07) is 12.2. The molecule has 1 aromatic heterocycles. The van der Waals surface area contributed by atoms with Crippen LogP contribution in [0.3, 0.4) is 0 Å². The number of anilines is 1. The van der Waals surface area contributed by atoms with Crippen molar-refractivity contribution >= 4 is 23.1 Å². The molecule has 3 aromatic rings. The van der Waals surface area contributed by atoms with Gasteiger partial charge in [-0.15, -0.1) is 0 Å². The van der Waals surface area contributed by atoms with Crippen molar-refractivity contribution in [3.05, 3.63) is 82.8 Å². The number of carbonyl (C=O) groups is 2. The molecular formula is C25H21NO6. The maximum Gasteiger partial charge on any atom is 0.300 e. The Labute approximate surface area is 184 Å². The van der Waals surface area contributed by atoms with Crippen LogP contribution in [0.2, 0.25) is 0 Å². The quantitative estimate of drug-likeness (QED) is 0.365. The van der Waals surface area contributed by atoms with Crippen molar-refractivity contribution in [2.24, 2.45) is 0 Å². The Hall–Kier alpha value is -4.00. The predicted octanol–water partition coefficient (Wildman–Crippen LogP) is 4.24. The van der Waals surface area contributed by atoms with E-state index in [1.165, 1.54) is 17.2 Å². The van der Waals surface area contributed by atoms with Gasteiger partial charge in [-0.25, -0.2) is 0 Å². The number of aliphatic hydroxyl groups excluding tert-OH is 1. The normalized spacial score (nSPS) is 21.6. The molecule has 7 nitrogen and oxygen atoms in total. The second-order valence-electron chi connectivity index (χ2n) is 8.13. The number of amides is 1. The Bertz CT molecular complexity index is 1270. The van der Waals surface area contributed by atoms with Crippen molar-refractivity contribution in [3.63, 3.8) is 0 Å². The Morgan fingerprint density at radius 3 is 2.69 bits per heavy atom. The van der Waals surface area contributed by atoms with Gasteiger partial charge in [-0.3, -0.25) is 14.5 Å². The number of ketones is 1. The molecule has 162 valence electrons. The monoisotopic (exact) mass is 431 g/mol. The number of aryl methyl sites for hydroxylation is 1. The van der Waals surface area contributed by atoms with Crippen LogP contribution in [0.25, 0.3) is 5.76 Å². The number of phenols is 1. The number of hydrogen-bond acceptors (Lipinski definition) is 6. The number of rotatable bonds is 3. The summed E-state index contributed by atoms with van der Waals surface area (Å²) in [4.78, 5) is 27.4. The minimum Gasteiger partial charge on any atom is -0.507 e.